The number of benzene rings is 3. The van der Waals surface area contributed by atoms with Gasteiger partial charge in [-0.25, -0.2) is 9.79 Å². The molecule has 10 heteroatoms. The molecule has 2 aliphatic heterocycles. The number of ether oxygens (including phenoxy) is 1. The van der Waals surface area contributed by atoms with Gasteiger partial charge in [0.05, 0.1) is 42.5 Å². The van der Waals surface area contributed by atoms with Crippen LogP contribution in [0, 0.1) is 5.41 Å². The molecule has 5 rings (SSSR count). The number of nitrogens with zero attached hydrogens (tertiary/aromatic N) is 2. The van der Waals surface area contributed by atoms with Crippen molar-refractivity contribution in [1.82, 2.24) is 5.32 Å². The van der Waals surface area contributed by atoms with E-state index in [9.17, 15) is 14.4 Å². The second-order valence-corrected chi connectivity index (χ2v) is 8.87. The van der Waals surface area contributed by atoms with Gasteiger partial charge in [-0.05, 0) is 47.9 Å². The van der Waals surface area contributed by atoms with Crippen LogP contribution in [0.4, 0.5) is 17.1 Å². The molecule has 0 bridgehead atoms. The summed E-state index contributed by atoms with van der Waals surface area (Å²) in [5.41, 5.74) is 6.09. The molecule has 39 heavy (non-hydrogen) atoms. The van der Waals surface area contributed by atoms with Crippen molar-refractivity contribution in [1.29, 1.82) is 5.41 Å². The normalized spacial score (nSPS) is 14.9. The van der Waals surface area contributed by atoms with E-state index >= 15 is 0 Å². The minimum absolute atomic E-state index is 0.0766. The van der Waals surface area contributed by atoms with E-state index < -0.39 is 5.97 Å². The van der Waals surface area contributed by atoms with Crippen LogP contribution in [-0.4, -0.2) is 50.7 Å². The Morgan fingerprint density at radius 2 is 1.92 bits per heavy atom. The van der Waals surface area contributed by atoms with Crippen LogP contribution >= 0.6 is 0 Å². The lowest BCUT2D eigenvalue weighted by atomic mass is 9.99. The quantitative estimate of drug-likeness (QED) is 0.155. The van der Waals surface area contributed by atoms with E-state index in [0.717, 1.165) is 28.8 Å². The predicted octanol–water partition coefficient (Wildman–Crippen LogP) is 3.52. The van der Waals surface area contributed by atoms with Crippen molar-refractivity contribution in [3.05, 3.63) is 89.0 Å². The monoisotopic (exact) mass is 522 g/mol. The van der Waals surface area contributed by atoms with E-state index in [1.165, 1.54) is 13.4 Å². The average Bonchev–Trinajstić information content (AvgIpc) is 3.53. The number of nitrogens with one attached hydrogen (secondary N) is 4. The van der Waals surface area contributed by atoms with E-state index in [-0.39, 0.29) is 18.4 Å². The molecular weight excluding hydrogens is 496 g/mol. The number of fused-ring (bicyclic) bond motifs is 2. The number of methoxy groups -OCH3 is 1. The molecule has 196 valence electrons. The first-order valence-corrected chi connectivity index (χ1v) is 12.3. The Morgan fingerprint density at radius 3 is 2.69 bits per heavy atom. The van der Waals surface area contributed by atoms with Gasteiger partial charge in [0.2, 0.25) is 5.91 Å². The number of carbonyl (C=O) groups is 3. The molecule has 0 radical (unpaired) electrons. The highest BCUT2D eigenvalue weighted by molar-refractivity contribution is 6.37. The van der Waals surface area contributed by atoms with Crippen LogP contribution < -0.4 is 20.9 Å². The molecule has 2 aliphatic rings. The lowest BCUT2D eigenvalue weighted by molar-refractivity contribution is -0.117. The first kappa shape index (κ1) is 25.4. The van der Waals surface area contributed by atoms with E-state index in [1.807, 2.05) is 48.5 Å². The van der Waals surface area contributed by atoms with Crippen molar-refractivity contribution in [3.8, 4) is 0 Å². The number of hydrogen-bond acceptors (Lipinski definition) is 6. The van der Waals surface area contributed by atoms with Crippen LogP contribution in [0.3, 0.4) is 0 Å². The second kappa shape index (κ2) is 11.0. The van der Waals surface area contributed by atoms with Crippen molar-refractivity contribution < 1.29 is 19.1 Å². The second-order valence-electron chi connectivity index (χ2n) is 8.87. The Balaban J connectivity index is 1.48. The standard InChI is InChI=1S/C29H26N6O4/c1-39-29(38)20-7-9-22-23(14-20)34-28(37)26(22)27(18-5-3-2-4-6-18)33-21-8-10-24-19(13-21)11-12-35(24)25(36)15-31-17-32-16-30/h2-10,13-14,16-17,33H,11-12,15H2,1H3,(H,34,37)(H2,30,31,32)/b27-26-. The molecule has 10 nitrogen and oxygen atoms in total. The maximum atomic E-state index is 13.2. The number of rotatable bonds is 8. The van der Waals surface area contributed by atoms with Crippen LogP contribution in [0.5, 0.6) is 0 Å². The number of amides is 2. The Morgan fingerprint density at radius 1 is 1.10 bits per heavy atom. The van der Waals surface area contributed by atoms with Gasteiger partial charge in [0.1, 0.15) is 6.34 Å². The lowest BCUT2D eigenvalue weighted by Crippen LogP contribution is -2.36. The number of esters is 1. The highest BCUT2D eigenvalue weighted by atomic mass is 16.5. The van der Waals surface area contributed by atoms with Crippen molar-refractivity contribution in [2.24, 2.45) is 4.99 Å². The van der Waals surface area contributed by atoms with Gasteiger partial charge in [-0.2, -0.15) is 0 Å². The summed E-state index contributed by atoms with van der Waals surface area (Å²) < 4.78 is 4.82. The van der Waals surface area contributed by atoms with Crippen molar-refractivity contribution in [3.63, 3.8) is 0 Å². The minimum atomic E-state index is -0.480. The molecule has 0 fully saturated rings. The first-order chi connectivity index (χ1) is 19.0. The fraction of sp³-hybridized carbons (Fsp3) is 0.138. The summed E-state index contributed by atoms with van der Waals surface area (Å²) in [7, 11) is 1.31. The summed E-state index contributed by atoms with van der Waals surface area (Å²) in [6.07, 6.45) is 2.91. The number of hydrogen-bond donors (Lipinski definition) is 4. The van der Waals surface area contributed by atoms with Crippen LogP contribution in [0.1, 0.15) is 27.0 Å². The molecule has 2 heterocycles. The highest BCUT2D eigenvalue weighted by Gasteiger charge is 2.30. The topological polar surface area (TPSA) is 136 Å². The Labute approximate surface area is 224 Å². The molecule has 0 aliphatic carbocycles. The van der Waals surface area contributed by atoms with Gasteiger partial charge in [0, 0.05) is 23.5 Å². The Bertz CT molecular complexity index is 1530. The summed E-state index contributed by atoms with van der Waals surface area (Å²) in [6.45, 7) is 0.638. The molecule has 0 unspecified atom stereocenters. The van der Waals surface area contributed by atoms with E-state index in [1.54, 1.807) is 23.1 Å². The fourth-order valence-corrected chi connectivity index (χ4v) is 4.75. The third-order valence-corrected chi connectivity index (χ3v) is 6.54. The summed E-state index contributed by atoms with van der Waals surface area (Å²) in [6, 6.07) is 20.3. The van der Waals surface area contributed by atoms with Crippen LogP contribution in [0.15, 0.2) is 71.7 Å². The van der Waals surface area contributed by atoms with Crippen molar-refractivity contribution in [2.45, 2.75) is 6.42 Å². The SMILES string of the molecule is COC(=O)c1ccc2c(c1)NC(=O)/C2=C(\Nc1ccc2c(c1)CCN2C(=O)CN/C=N\C=N)c1ccccc1. The van der Waals surface area contributed by atoms with Gasteiger partial charge in [-0.15, -0.1) is 0 Å². The molecule has 0 saturated carbocycles. The van der Waals surface area contributed by atoms with Gasteiger partial charge in [-0.3, -0.25) is 15.0 Å². The largest absolute Gasteiger partial charge is 0.465 e. The zero-order chi connectivity index (χ0) is 27.4. The Kier molecular flexibility index (Phi) is 7.17. The van der Waals surface area contributed by atoms with Gasteiger partial charge < -0.3 is 25.6 Å². The zero-order valence-electron chi connectivity index (χ0n) is 21.2. The van der Waals surface area contributed by atoms with Gasteiger partial charge in [0.15, 0.2) is 0 Å². The summed E-state index contributed by atoms with van der Waals surface area (Å²) >= 11 is 0. The molecule has 4 N–H and O–H groups in total. The Hall–Kier alpha value is -5.25. The predicted molar refractivity (Wildman–Crippen MR) is 151 cm³/mol. The zero-order valence-corrected chi connectivity index (χ0v) is 21.2. The molecule has 3 aromatic carbocycles. The molecule has 0 atom stereocenters. The molecular formula is C29H26N6O4. The average molecular weight is 523 g/mol. The molecule has 0 aromatic heterocycles. The fourth-order valence-electron chi connectivity index (χ4n) is 4.75. The number of anilines is 3. The third kappa shape index (κ3) is 5.12. The van der Waals surface area contributed by atoms with Crippen molar-refractivity contribution >= 4 is 58.8 Å². The van der Waals surface area contributed by atoms with E-state index in [0.29, 0.717) is 41.1 Å². The van der Waals surface area contributed by atoms with Crippen molar-refractivity contribution in [2.75, 3.05) is 35.7 Å². The van der Waals surface area contributed by atoms with Gasteiger partial charge >= 0.3 is 5.97 Å². The molecule has 2 amide bonds. The minimum Gasteiger partial charge on any atom is -0.465 e. The molecule has 0 spiro atoms. The molecule has 3 aromatic rings. The van der Waals surface area contributed by atoms with Crippen LogP contribution in [0.2, 0.25) is 0 Å². The van der Waals surface area contributed by atoms with Gasteiger partial charge in [-0.1, -0.05) is 36.4 Å². The maximum Gasteiger partial charge on any atom is 0.337 e. The van der Waals surface area contributed by atoms with Gasteiger partial charge in [0.25, 0.3) is 5.91 Å². The summed E-state index contributed by atoms with van der Waals surface area (Å²) in [4.78, 5) is 43.3. The first-order valence-electron chi connectivity index (χ1n) is 12.3. The van der Waals surface area contributed by atoms with E-state index in [4.69, 9.17) is 10.1 Å². The van der Waals surface area contributed by atoms with Crippen LogP contribution in [0.25, 0.3) is 11.3 Å². The molecule has 0 saturated heterocycles. The summed E-state index contributed by atoms with van der Waals surface area (Å²) in [5.74, 6) is -0.856. The number of aliphatic imine (C=N–C) groups is 1. The lowest BCUT2D eigenvalue weighted by Gasteiger charge is -2.18. The smallest absolute Gasteiger partial charge is 0.337 e. The number of carbonyl (C=O) groups excluding carboxylic acids is 3. The van der Waals surface area contributed by atoms with E-state index in [2.05, 4.69) is 20.9 Å². The van der Waals surface area contributed by atoms with Crippen LogP contribution in [-0.2, 0) is 20.7 Å². The summed E-state index contributed by atoms with van der Waals surface area (Å²) in [5, 5.41) is 16.0. The maximum absolute atomic E-state index is 13.2. The third-order valence-electron chi connectivity index (χ3n) is 6.54. The highest BCUT2D eigenvalue weighted by Crippen LogP contribution is 2.39.